The zero-order chi connectivity index (χ0) is 19.4. The van der Waals surface area contributed by atoms with Gasteiger partial charge in [-0.15, -0.1) is 0 Å². The van der Waals surface area contributed by atoms with Crippen molar-refractivity contribution < 1.29 is 17.9 Å². The maximum atomic E-state index is 13.2. The Morgan fingerprint density at radius 1 is 1.33 bits per heavy atom. The van der Waals surface area contributed by atoms with Gasteiger partial charge in [-0.05, 0) is 38.0 Å². The molecule has 7 nitrogen and oxygen atoms in total. The molecule has 0 bridgehead atoms. The number of piperazine rings is 1. The Hall–Kier alpha value is -1.48. The zero-order valence-corrected chi connectivity index (χ0v) is 16.9. The molecule has 27 heavy (non-hydrogen) atoms. The lowest BCUT2D eigenvalue weighted by Crippen LogP contribution is -2.51. The van der Waals surface area contributed by atoms with Crippen LogP contribution in [0.4, 0.5) is 0 Å². The van der Waals surface area contributed by atoms with Gasteiger partial charge < -0.3 is 15.0 Å². The van der Waals surface area contributed by atoms with Crippen LogP contribution in [0.1, 0.15) is 37.0 Å². The van der Waals surface area contributed by atoms with E-state index in [2.05, 4.69) is 5.32 Å². The van der Waals surface area contributed by atoms with Gasteiger partial charge in [0.05, 0.1) is 4.90 Å². The lowest BCUT2D eigenvalue weighted by molar-refractivity contribution is 0.0595. The summed E-state index contributed by atoms with van der Waals surface area (Å²) < 4.78 is 33.3. The van der Waals surface area contributed by atoms with E-state index in [4.69, 9.17) is 4.74 Å². The number of benzene rings is 1. The average Bonchev–Trinajstić information content (AvgIpc) is 2.69. The summed E-state index contributed by atoms with van der Waals surface area (Å²) in [5.74, 6) is -0.116. The fraction of sp³-hybridized carbons (Fsp3) is 0.632. The average molecular weight is 396 g/mol. The standard InChI is InChI=1S/C19H29N3O4S/c1-3-22(17-7-11-26-12-8-17)27(24,25)18-6-4-5-16(13-18)19(23)21-10-9-20-15(2)14-21/h4-6,13,15,17,20H,3,7-12,14H2,1-2H3. The molecule has 2 heterocycles. The molecule has 0 aliphatic carbocycles. The number of hydrogen-bond donors (Lipinski definition) is 1. The van der Waals surface area contributed by atoms with E-state index in [0.717, 1.165) is 6.54 Å². The number of nitrogens with zero attached hydrogens (tertiary/aromatic N) is 2. The Balaban J connectivity index is 1.83. The summed E-state index contributed by atoms with van der Waals surface area (Å²) in [5.41, 5.74) is 0.424. The van der Waals surface area contributed by atoms with Crippen molar-refractivity contribution in [1.82, 2.24) is 14.5 Å². The molecule has 0 spiro atoms. The predicted molar refractivity (Wildman–Crippen MR) is 103 cm³/mol. The second-order valence-corrected chi connectivity index (χ2v) is 9.08. The first-order chi connectivity index (χ1) is 12.9. The molecule has 3 rings (SSSR count). The SMILES string of the molecule is CCN(C1CCOCC1)S(=O)(=O)c1cccc(C(=O)N2CCNC(C)C2)c1. The molecule has 2 saturated heterocycles. The Labute approximate surface area is 161 Å². The number of rotatable bonds is 5. The summed E-state index contributed by atoms with van der Waals surface area (Å²) in [7, 11) is -3.65. The molecule has 1 aromatic rings. The fourth-order valence-electron chi connectivity index (χ4n) is 3.82. The van der Waals surface area contributed by atoms with Crippen molar-refractivity contribution >= 4 is 15.9 Å². The van der Waals surface area contributed by atoms with E-state index in [0.29, 0.717) is 51.3 Å². The van der Waals surface area contributed by atoms with Crippen LogP contribution in [0.25, 0.3) is 0 Å². The van der Waals surface area contributed by atoms with E-state index in [-0.39, 0.29) is 22.9 Å². The van der Waals surface area contributed by atoms with Gasteiger partial charge in [0.2, 0.25) is 10.0 Å². The summed E-state index contributed by atoms with van der Waals surface area (Å²) in [6.45, 7) is 7.45. The first-order valence-electron chi connectivity index (χ1n) is 9.65. The molecule has 0 aromatic heterocycles. The van der Waals surface area contributed by atoms with Crippen LogP contribution in [0.2, 0.25) is 0 Å². The van der Waals surface area contributed by atoms with Gasteiger partial charge in [0.25, 0.3) is 5.91 Å². The number of ether oxygens (including phenoxy) is 1. The van der Waals surface area contributed by atoms with Gasteiger partial charge in [0.15, 0.2) is 0 Å². The summed E-state index contributed by atoms with van der Waals surface area (Å²) in [5, 5.41) is 3.31. The molecule has 2 aliphatic rings. The minimum atomic E-state index is -3.65. The Morgan fingerprint density at radius 3 is 2.74 bits per heavy atom. The first-order valence-corrected chi connectivity index (χ1v) is 11.1. The summed E-state index contributed by atoms with van der Waals surface area (Å²) in [4.78, 5) is 14.8. The number of sulfonamides is 1. The highest BCUT2D eigenvalue weighted by Crippen LogP contribution is 2.24. The highest BCUT2D eigenvalue weighted by molar-refractivity contribution is 7.89. The Bertz CT molecular complexity index is 762. The number of carbonyl (C=O) groups excluding carboxylic acids is 1. The highest BCUT2D eigenvalue weighted by atomic mass is 32.2. The van der Waals surface area contributed by atoms with Crippen molar-refractivity contribution in [2.24, 2.45) is 0 Å². The van der Waals surface area contributed by atoms with Crippen molar-refractivity contribution in [3.05, 3.63) is 29.8 Å². The number of hydrogen-bond acceptors (Lipinski definition) is 5. The maximum absolute atomic E-state index is 13.2. The number of amides is 1. The van der Waals surface area contributed by atoms with Gasteiger partial charge >= 0.3 is 0 Å². The third kappa shape index (κ3) is 4.51. The van der Waals surface area contributed by atoms with Crippen LogP contribution < -0.4 is 5.32 Å². The second kappa shape index (κ2) is 8.68. The molecular weight excluding hydrogens is 366 g/mol. The molecule has 2 aliphatic heterocycles. The van der Waals surface area contributed by atoms with E-state index in [1.54, 1.807) is 27.4 Å². The van der Waals surface area contributed by atoms with Gasteiger partial charge in [-0.3, -0.25) is 4.79 Å². The number of nitrogens with one attached hydrogen (secondary N) is 1. The quantitative estimate of drug-likeness (QED) is 0.813. The summed E-state index contributed by atoms with van der Waals surface area (Å²) >= 11 is 0. The Morgan fingerprint density at radius 2 is 2.07 bits per heavy atom. The molecule has 2 fully saturated rings. The van der Waals surface area contributed by atoms with Gasteiger partial charge in [-0.2, -0.15) is 4.31 Å². The van der Waals surface area contributed by atoms with E-state index < -0.39 is 10.0 Å². The molecule has 150 valence electrons. The maximum Gasteiger partial charge on any atom is 0.253 e. The van der Waals surface area contributed by atoms with Crippen LogP contribution in [0.15, 0.2) is 29.2 Å². The van der Waals surface area contributed by atoms with Gasteiger partial charge in [-0.25, -0.2) is 8.42 Å². The smallest absolute Gasteiger partial charge is 0.253 e. The highest BCUT2D eigenvalue weighted by Gasteiger charge is 2.32. The molecular formula is C19H29N3O4S. The molecule has 1 aromatic carbocycles. The van der Waals surface area contributed by atoms with Crippen LogP contribution >= 0.6 is 0 Å². The molecule has 1 atom stereocenters. The lowest BCUT2D eigenvalue weighted by Gasteiger charge is -2.33. The third-order valence-electron chi connectivity index (χ3n) is 5.25. The molecule has 8 heteroatoms. The van der Waals surface area contributed by atoms with Crippen molar-refractivity contribution in [2.75, 3.05) is 39.4 Å². The van der Waals surface area contributed by atoms with Gasteiger partial charge in [-0.1, -0.05) is 13.0 Å². The van der Waals surface area contributed by atoms with Gasteiger partial charge in [0.1, 0.15) is 0 Å². The number of carbonyl (C=O) groups is 1. The van der Waals surface area contributed by atoms with Gasteiger partial charge in [0, 0.05) is 57.0 Å². The predicted octanol–water partition coefficient (Wildman–Crippen LogP) is 1.31. The van der Waals surface area contributed by atoms with E-state index in [1.165, 1.54) is 6.07 Å². The van der Waals surface area contributed by atoms with Crippen molar-refractivity contribution in [3.63, 3.8) is 0 Å². The van der Waals surface area contributed by atoms with Crippen LogP contribution in [0.5, 0.6) is 0 Å². The molecule has 1 amide bonds. The summed E-state index contributed by atoms with van der Waals surface area (Å²) in [6.07, 6.45) is 1.40. The first kappa shape index (κ1) is 20.3. The molecule has 0 radical (unpaired) electrons. The minimum absolute atomic E-state index is 0.0536. The monoisotopic (exact) mass is 395 g/mol. The van der Waals surface area contributed by atoms with E-state index in [9.17, 15) is 13.2 Å². The zero-order valence-electron chi connectivity index (χ0n) is 16.1. The van der Waals surface area contributed by atoms with E-state index >= 15 is 0 Å². The minimum Gasteiger partial charge on any atom is -0.381 e. The van der Waals surface area contributed by atoms with Crippen molar-refractivity contribution in [3.8, 4) is 0 Å². The normalized spacial score (nSPS) is 22.2. The third-order valence-corrected chi connectivity index (χ3v) is 7.28. The van der Waals surface area contributed by atoms with Crippen LogP contribution in [-0.2, 0) is 14.8 Å². The fourth-order valence-corrected chi connectivity index (χ4v) is 5.56. The second-order valence-electron chi connectivity index (χ2n) is 7.19. The molecule has 1 N–H and O–H groups in total. The summed E-state index contributed by atoms with van der Waals surface area (Å²) in [6, 6.07) is 6.63. The van der Waals surface area contributed by atoms with Crippen molar-refractivity contribution in [2.45, 2.75) is 43.7 Å². The van der Waals surface area contributed by atoms with Crippen LogP contribution in [0.3, 0.4) is 0 Å². The van der Waals surface area contributed by atoms with Crippen LogP contribution in [0, 0.1) is 0 Å². The molecule has 0 saturated carbocycles. The Kier molecular flexibility index (Phi) is 6.52. The largest absolute Gasteiger partial charge is 0.381 e. The molecule has 1 unspecified atom stereocenters. The van der Waals surface area contributed by atoms with Crippen LogP contribution in [-0.4, -0.2) is 75.0 Å². The van der Waals surface area contributed by atoms with E-state index in [1.807, 2.05) is 13.8 Å². The van der Waals surface area contributed by atoms with Crippen molar-refractivity contribution in [1.29, 1.82) is 0 Å². The lowest BCUT2D eigenvalue weighted by atomic mass is 10.1. The topological polar surface area (TPSA) is 79.0 Å².